The van der Waals surface area contributed by atoms with E-state index >= 15 is 0 Å². The molecule has 5 rings (SSSR count). The number of fused-ring (bicyclic) bond motifs is 1. The summed E-state index contributed by atoms with van der Waals surface area (Å²) in [6.07, 6.45) is 0. The summed E-state index contributed by atoms with van der Waals surface area (Å²) < 4.78 is 18.8. The highest BCUT2D eigenvalue weighted by Crippen LogP contribution is 2.44. The Bertz CT molecular complexity index is 1540. The SMILES string of the molecule is COc1cc(/C(O)=C2\C(=O)C(=O)N(Cc3ccc(F)cc3)C2c2c(C)[nH]c3ccccc23)ccc1Cl. The second-order valence-corrected chi connectivity index (χ2v) is 9.02. The topological polar surface area (TPSA) is 82.6 Å². The zero-order chi connectivity index (χ0) is 25.6. The van der Waals surface area contributed by atoms with Gasteiger partial charge in [0.1, 0.15) is 17.3 Å². The van der Waals surface area contributed by atoms with Gasteiger partial charge in [-0.05, 0) is 48.9 Å². The lowest BCUT2D eigenvalue weighted by Gasteiger charge is -2.26. The van der Waals surface area contributed by atoms with Crippen LogP contribution >= 0.6 is 11.6 Å². The van der Waals surface area contributed by atoms with Gasteiger partial charge >= 0.3 is 0 Å². The fraction of sp³-hybridized carbons (Fsp3) is 0.143. The molecule has 4 aromatic rings. The molecule has 0 aliphatic carbocycles. The van der Waals surface area contributed by atoms with Crippen LogP contribution in [-0.4, -0.2) is 33.8 Å². The number of Topliss-reactive ketones (excluding diaryl/α,β-unsaturated/α-hetero) is 1. The van der Waals surface area contributed by atoms with Crippen molar-refractivity contribution in [3.63, 3.8) is 0 Å². The Labute approximate surface area is 211 Å². The standard InChI is InChI=1S/C28H22ClFN2O4/c1-15-23(19-5-3-4-6-21(19)31-15)25-24(26(33)17-9-12-20(29)22(13-17)36-2)27(34)28(35)32(25)14-16-7-10-18(30)11-8-16/h3-13,25,31,33H,14H2,1-2H3/b26-24+. The molecule has 1 aliphatic heterocycles. The molecule has 1 amide bonds. The van der Waals surface area contributed by atoms with Gasteiger partial charge < -0.3 is 19.7 Å². The number of halogens is 2. The smallest absolute Gasteiger partial charge is 0.295 e. The number of nitrogens with one attached hydrogen (secondary N) is 1. The summed E-state index contributed by atoms with van der Waals surface area (Å²) >= 11 is 6.15. The van der Waals surface area contributed by atoms with Gasteiger partial charge in [-0.1, -0.05) is 41.9 Å². The number of benzene rings is 3. The number of ketones is 1. The second-order valence-electron chi connectivity index (χ2n) is 8.61. The third kappa shape index (κ3) is 3.91. The first kappa shape index (κ1) is 23.6. The van der Waals surface area contributed by atoms with Crippen molar-refractivity contribution < 1.29 is 23.8 Å². The summed E-state index contributed by atoms with van der Waals surface area (Å²) in [6, 6.07) is 17.1. The Morgan fingerprint density at radius 2 is 1.83 bits per heavy atom. The van der Waals surface area contributed by atoms with Crippen LogP contribution in [0.3, 0.4) is 0 Å². The average Bonchev–Trinajstić information content (AvgIpc) is 3.33. The molecule has 1 unspecified atom stereocenters. The molecule has 1 aliphatic rings. The highest BCUT2D eigenvalue weighted by atomic mass is 35.5. The highest BCUT2D eigenvalue weighted by Gasteiger charge is 2.47. The number of aliphatic hydroxyl groups excluding tert-OH is 1. The highest BCUT2D eigenvalue weighted by molar-refractivity contribution is 6.46. The molecule has 0 saturated carbocycles. The number of hydrogen-bond donors (Lipinski definition) is 2. The molecule has 0 radical (unpaired) electrons. The number of carbonyl (C=O) groups is 2. The second kappa shape index (κ2) is 9.17. The van der Waals surface area contributed by atoms with E-state index in [4.69, 9.17) is 16.3 Å². The number of para-hydroxylation sites is 1. The third-order valence-corrected chi connectivity index (χ3v) is 6.76. The Balaban J connectivity index is 1.74. The lowest BCUT2D eigenvalue weighted by atomic mass is 9.93. The minimum absolute atomic E-state index is 0.0423. The minimum atomic E-state index is -0.882. The lowest BCUT2D eigenvalue weighted by molar-refractivity contribution is -0.140. The summed E-state index contributed by atoms with van der Waals surface area (Å²) in [5.41, 5.74) is 3.19. The number of nitrogens with zero attached hydrogens (tertiary/aromatic N) is 1. The van der Waals surface area contributed by atoms with Crippen LogP contribution in [0, 0.1) is 12.7 Å². The van der Waals surface area contributed by atoms with Crippen molar-refractivity contribution in [2.45, 2.75) is 19.5 Å². The summed E-state index contributed by atoms with van der Waals surface area (Å²) in [7, 11) is 1.45. The predicted molar refractivity (Wildman–Crippen MR) is 135 cm³/mol. The number of H-pyrrole nitrogens is 1. The van der Waals surface area contributed by atoms with Gasteiger partial charge in [0.05, 0.1) is 23.7 Å². The fourth-order valence-corrected chi connectivity index (χ4v) is 4.94. The van der Waals surface area contributed by atoms with Crippen molar-refractivity contribution in [1.82, 2.24) is 9.88 Å². The largest absolute Gasteiger partial charge is 0.507 e. The van der Waals surface area contributed by atoms with Gasteiger partial charge in [0.2, 0.25) is 0 Å². The molecule has 2 heterocycles. The summed E-state index contributed by atoms with van der Waals surface area (Å²) in [6.45, 7) is 1.91. The zero-order valence-corrected chi connectivity index (χ0v) is 20.3. The normalized spacial score (nSPS) is 17.2. The number of methoxy groups -OCH3 is 1. The van der Waals surface area contributed by atoms with E-state index in [1.807, 2.05) is 31.2 Å². The van der Waals surface area contributed by atoms with E-state index in [0.717, 1.165) is 16.6 Å². The van der Waals surface area contributed by atoms with Crippen molar-refractivity contribution >= 4 is 40.0 Å². The van der Waals surface area contributed by atoms with E-state index in [9.17, 15) is 19.1 Å². The van der Waals surface area contributed by atoms with E-state index in [0.29, 0.717) is 27.5 Å². The van der Waals surface area contributed by atoms with Crippen LogP contribution in [0.25, 0.3) is 16.7 Å². The first-order valence-corrected chi connectivity index (χ1v) is 11.6. The number of likely N-dealkylation sites (tertiary alicyclic amines) is 1. The van der Waals surface area contributed by atoms with Gasteiger partial charge in [0, 0.05) is 34.3 Å². The summed E-state index contributed by atoms with van der Waals surface area (Å²) in [5, 5.41) is 12.6. The van der Waals surface area contributed by atoms with Crippen LogP contribution in [0.1, 0.15) is 28.4 Å². The maximum Gasteiger partial charge on any atom is 0.295 e. The average molecular weight is 505 g/mol. The fourth-order valence-electron chi connectivity index (χ4n) is 4.74. The number of rotatable bonds is 5. The van der Waals surface area contributed by atoms with Crippen molar-refractivity contribution in [1.29, 1.82) is 0 Å². The number of aliphatic hydroxyl groups is 1. The van der Waals surface area contributed by atoms with Gasteiger partial charge in [-0.25, -0.2) is 4.39 Å². The minimum Gasteiger partial charge on any atom is -0.507 e. The van der Waals surface area contributed by atoms with Crippen LogP contribution in [0.2, 0.25) is 5.02 Å². The van der Waals surface area contributed by atoms with E-state index in [1.165, 1.54) is 30.2 Å². The lowest BCUT2D eigenvalue weighted by Crippen LogP contribution is -2.29. The maximum absolute atomic E-state index is 13.5. The molecule has 36 heavy (non-hydrogen) atoms. The maximum atomic E-state index is 13.5. The Morgan fingerprint density at radius 3 is 2.56 bits per heavy atom. The summed E-state index contributed by atoms with van der Waals surface area (Å²) in [5.74, 6) is -1.98. The number of hydrogen-bond acceptors (Lipinski definition) is 4. The number of ether oxygens (including phenoxy) is 1. The summed E-state index contributed by atoms with van der Waals surface area (Å²) in [4.78, 5) is 31.5. The molecule has 182 valence electrons. The Hall–Kier alpha value is -4.10. The predicted octanol–water partition coefficient (Wildman–Crippen LogP) is 5.90. The number of amides is 1. The molecular weight excluding hydrogens is 483 g/mol. The van der Waals surface area contributed by atoms with Crippen LogP contribution in [0.5, 0.6) is 5.75 Å². The van der Waals surface area contributed by atoms with Crippen LogP contribution in [0.15, 0.2) is 72.3 Å². The van der Waals surface area contributed by atoms with Gasteiger partial charge in [0.15, 0.2) is 0 Å². The van der Waals surface area contributed by atoms with Crippen molar-refractivity contribution in [2.24, 2.45) is 0 Å². The van der Waals surface area contributed by atoms with Crippen LogP contribution in [-0.2, 0) is 16.1 Å². The number of carbonyl (C=O) groups excluding carboxylic acids is 2. The molecule has 6 nitrogen and oxygen atoms in total. The van der Waals surface area contributed by atoms with Gasteiger partial charge in [-0.3, -0.25) is 9.59 Å². The van der Waals surface area contributed by atoms with E-state index in [2.05, 4.69) is 4.98 Å². The van der Waals surface area contributed by atoms with Gasteiger partial charge in [-0.2, -0.15) is 0 Å². The molecule has 1 fully saturated rings. The Morgan fingerprint density at radius 1 is 1.11 bits per heavy atom. The van der Waals surface area contributed by atoms with E-state index in [-0.39, 0.29) is 17.9 Å². The monoisotopic (exact) mass is 504 g/mol. The molecule has 1 aromatic heterocycles. The molecule has 2 N–H and O–H groups in total. The number of aryl methyl sites for hydroxylation is 1. The number of aromatic amines is 1. The van der Waals surface area contributed by atoms with E-state index < -0.39 is 23.5 Å². The van der Waals surface area contributed by atoms with Gasteiger partial charge in [-0.15, -0.1) is 0 Å². The molecular formula is C28H22ClFN2O4. The quantitative estimate of drug-likeness (QED) is 0.201. The first-order valence-electron chi connectivity index (χ1n) is 11.2. The van der Waals surface area contributed by atoms with E-state index in [1.54, 1.807) is 24.3 Å². The van der Waals surface area contributed by atoms with Gasteiger partial charge in [0.25, 0.3) is 11.7 Å². The molecule has 8 heteroatoms. The number of aromatic nitrogens is 1. The van der Waals surface area contributed by atoms with Crippen LogP contribution in [0.4, 0.5) is 4.39 Å². The Kier molecular flexibility index (Phi) is 6.02. The molecule has 0 bridgehead atoms. The third-order valence-electron chi connectivity index (χ3n) is 6.45. The zero-order valence-electron chi connectivity index (χ0n) is 19.5. The molecule has 3 aromatic carbocycles. The van der Waals surface area contributed by atoms with Crippen LogP contribution < -0.4 is 4.74 Å². The van der Waals surface area contributed by atoms with Crippen molar-refractivity contribution in [2.75, 3.05) is 7.11 Å². The first-order chi connectivity index (χ1) is 17.3. The van der Waals surface area contributed by atoms with Crippen molar-refractivity contribution in [3.05, 3.63) is 106 Å². The molecule has 0 spiro atoms. The molecule has 1 saturated heterocycles. The molecule has 1 atom stereocenters. The van der Waals surface area contributed by atoms with Crippen molar-refractivity contribution in [3.8, 4) is 5.75 Å².